The number of aromatic nitrogens is 4. The third-order valence-electron chi connectivity index (χ3n) is 4.46. The molecule has 0 unspecified atom stereocenters. The van der Waals surface area contributed by atoms with E-state index in [4.69, 9.17) is 16.2 Å². The van der Waals surface area contributed by atoms with E-state index < -0.39 is 5.82 Å². The average molecular weight is 352 g/mol. The normalized spacial score (nSPS) is 14.0. The van der Waals surface area contributed by atoms with Crippen molar-refractivity contribution in [3.63, 3.8) is 0 Å². The zero-order chi connectivity index (χ0) is 18.1. The van der Waals surface area contributed by atoms with Crippen LogP contribution >= 0.6 is 0 Å². The van der Waals surface area contributed by atoms with Crippen molar-refractivity contribution in [2.75, 3.05) is 11.5 Å². The van der Waals surface area contributed by atoms with Gasteiger partial charge in [0, 0.05) is 11.1 Å². The molecule has 0 saturated heterocycles. The van der Waals surface area contributed by atoms with E-state index in [1.165, 1.54) is 24.8 Å². The van der Waals surface area contributed by atoms with Crippen LogP contribution in [0.15, 0.2) is 36.9 Å². The van der Waals surface area contributed by atoms with E-state index in [1.807, 2.05) is 6.07 Å². The molecule has 0 atom stereocenters. The van der Waals surface area contributed by atoms with Crippen LogP contribution in [0, 0.1) is 5.82 Å². The number of rotatable bonds is 4. The highest BCUT2D eigenvalue weighted by Gasteiger charge is 2.27. The minimum Gasteiger partial charge on any atom is -0.434 e. The van der Waals surface area contributed by atoms with Gasteiger partial charge in [-0.05, 0) is 24.8 Å². The topological polar surface area (TPSA) is 113 Å². The highest BCUT2D eigenvalue weighted by Crippen LogP contribution is 2.44. The molecule has 1 aromatic carbocycles. The standard InChI is InChI=1S/C18H17FN6O/c19-17-12(13-6-24-14(20)8-23-13)5-4-11(10-2-1-3-10)18(17)26-16-9-22-7-15(21)25-16/h4-10H,1-3H2,(H2,20,24)(H2,21,25). The number of nitrogens with zero attached hydrogens (tertiary/aromatic N) is 4. The van der Waals surface area contributed by atoms with E-state index in [-0.39, 0.29) is 34.7 Å². The zero-order valence-electron chi connectivity index (χ0n) is 13.9. The van der Waals surface area contributed by atoms with Crippen molar-refractivity contribution in [2.24, 2.45) is 0 Å². The lowest BCUT2D eigenvalue weighted by atomic mass is 9.79. The Hall–Kier alpha value is -3.29. The smallest absolute Gasteiger partial charge is 0.239 e. The molecule has 8 heteroatoms. The highest BCUT2D eigenvalue weighted by molar-refractivity contribution is 5.64. The minimum atomic E-state index is -0.516. The monoisotopic (exact) mass is 352 g/mol. The van der Waals surface area contributed by atoms with Crippen LogP contribution in [0.4, 0.5) is 16.0 Å². The molecule has 1 aliphatic carbocycles. The van der Waals surface area contributed by atoms with E-state index in [1.54, 1.807) is 6.07 Å². The van der Waals surface area contributed by atoms with Crippen LogP contribution in [-0.4, -0.2) is 19.9 Å². The highest BCUT2D eigenvalue weighted by atomic mass is 19.1. The molecule has 1 aliphatic rings. The molecule has 1 fully saturated rings. The first kappa shape index (κ1) is 16.2. The predicted molar refractivity (Wildman–Crippen MR) is 94.9 cm³/mol. The lowest BCUT2D eigenvalue weighted by molar-refractivity contribution is 0.378. The fourth-order valence-corrected chi connectivity index (χ4v) is 2.91. The SMILES string of the molecule is Nc1cnc(-c2ccc(C3CCC3)c(Oc3cncc(N)n3)c2F)cn1. The second-order valence-electron chi connectivity index (χ2n) is 6.18. The van der Waals surface area contributed by atoms with Gasteiger partial charge in [-0.2, -0.15) is 4.98 Å². The van der Waals surface area contributed by atoms with Crippen molar-refractivity contribution in [3.05, 3.63) is 48.3 Å². The van der Waals surface area contributed by atoms with E-state index in [9.17, 15) is 0 Å². The molecule has 1 saturated carbocycles. The van der Waals surface area contributed by atoms with Crippen LogP contribution in [0.1, 0.15) is 30.7 Å². The van der Waals surface area contributed by atoms with Gasteiger partial charge in [-0.1, -0.05) is 12.5 Å². The summed E-state index contributed by atoms with van der Waals surface area (Å²) in [5.41, 5.74) is 12.7. The number of nitrogens with two attached hydrogens (primary N) is 2. The summed E-state index contributed by atoms with van der Waals surface area (Å²) in [5, 5.41) is 0. The summed E-state index contributed by atoms with van der Waals surface area (Å²) in [6.07, 6.45) is 8.74. The Balaban J connectivity index is 1.80. The molecule has 0 amide bonds. The molecule has 132 valence electrons. The molecule has 0 radical (unpaired) electrons. The van der Waals surface area contributed by atoms with Crippen molar-refractivity contribution >= 4 is 11.6 Å². The minimum absolute atomic E-state index is 0.130. The molecular formula is C18H17FN6O. The van der Waals surface area contributed by atoms with Crippen LogP contribution in [0.25, 0.3) is 11.3 Å². The number of hydrogen-bond acceptors (Lipinski definition) is 7. The van der Waals surface area contributed by atoms with Crippen LogP contribution in [0.3, 0.4) is 0 Å². The van der Waals surface area contributed by atoms with E-state index in [0.29, 0.717) is 5.69 Å². The van der Waals surface area contributed by atoms with Crippen LogP contribution in [0.2, 0.25) is 0 Å². The van der Waals surface area contributed by atoms with E-state index in [2.05, 4.69) is 19.9 Å². The number of ether oxygens (including phenoxy) is 1. The maximum absolute atomic E-state index is 15.3. The van der Waals surface area contributed by atoms with Gasteiger partial charge in [0.05, 0.1) is 30.5 Å². The van der Waals surface area contributed by atoms with Crippen molar-refractivity contribution < 1.29 is 9.13 Å². The lowest BCUT2D eigenvalue weighted by Gasteiger charge is -2.28. The number of benzene rings is 1. The van der Waals surface area contributed by atoms with Gasteiger partial charge in [0.1, 0.15) is 11.6 Å². The summed E-state index contributed by atoms with van der Waals surface area (Å²) in [5.74, 6) is 0.494. The van der Waals surface area contributed by atoms with Gasteiger partial charge < -0.3 is 16.2 Å². The molecule has 4 N–H and O–H groups in total. The third-order valence-corrected chi connectivity index (χ3v) is 4.46. The molecule has 0 spiro atoms. The Kier molecular flexibility index (Phi) is 4.08. The van der Waals surface area contributed by atoms with Crippen molar-refractivity contribution in [3.8, 4) is 22.9 Å². The second-order valence-corrected chi connectivity index (χ2v) is 6.18. The van der Waals surface area contributed by atoms with E-state index >= 15 is 4.39 Å². The Morgan fingerprint density at radius 3 is 2.50 bits per heavy atom. The molecule has 3 aromatic rings. The third kappa shape index (κ3) is 3.01. The maximum Gasteiger partial charge on any atom is 0.239 e. The van der Waals surface area contributed by atoms with Crippen molar-refractivity contribution in [2.45, 2.75) is 25.2 Å². The Morgan fingerprint density at radius 1 is 1.00 bits per heavy atom. The fourth-order valence-electron chi connectivity index (χ4n) is 2.91. The molecule has 0 aliphatic heterocycles. The first-order chi connectivity index (χ1) is 12.6. The van der Waals surface area contributed by atoms with Gasteiger partial charge in [0.2, 0.25) is 5.88 Å². The van der Waals surface area contributed by atoms with Gasteiger partial charge in [0.25, 0.3) is 0 Å². The number of hydrogen-bond donors (Lipinski definition) is 2. The molecule has 2 aromatic heterocycles. The fraction of sp³-hybridized carbons (Fsp3) is 0.222. The van der Waals surface area contributed by atoms with Crippen LogP contribution in [-0.2, 0) is 0 Å². The molecule has 26 heavy (non-hydrogen) atoms. The number of nitrogen functional groups attached to an aromatic ring is 2. The Bertz CT molecular complexity index is 943. The van der Waals surface area contributed by atoms with Gasteiger partial charge in [-0.25, -0.2) is 9.37 Å². The van der Waals surface area contributed by atoms with Crippen molar-refractivity contribution in [1.29, 1.82) is 0 Å². The molecule has 2 heterocycles. The Labute approximate surface area is 149 Å². The summed E-state index contributed by atoms with van der Waals surface area (Å²) in [4.78, 5) is 16.1. The summed E-state index contributed by atoms with van der Waals surface area (Å²) < 4.78 is 21.1. The number of halogens is 1. The van der Waals surface area contributed by atoms with Gasteiger partial charge in [-0.3, -0.25) is 9.97 Å². The largest absolute Gasteiger partial charge is 0.434 e. The van der Waals surface area contributed by atoms with Crippen LogP contribution < -0.4 is 16.2 Å². The van der Waals surface area contributed by atoms with E-state index in [0.717, 1.165) is 24.8 Å². The second kappa shape index (κ2) is 6.55. The maximum atomic E-state index is 15.3. The van der Waals surface area contributed by atoms with Gasteiger partial charge >= 0.3 is 0 Å². The summed E-state index contributed by atoms with van der Waals surface area (Å²) in [6, 6.07) is 3.57. The van der Waals surface area contributed by atoms with Gasteiger partial charge in [-0.15, -0.1) is 0 Å². The van der Waals surface area contributed by atoms with Crippen molar-refractivity contribution in [1.82, 2.24) is 19.9 Å². The molecule has 7 nitrogen and oxygen atoms in total. The van der Waals surface area contributed by atoms with Gasteiger partial charge in [0.15, 0.2) is 11.6 Å². The molecular weight excluding hydrogens is 335 g/mol. The predicted octanol–water partition coefficient (Wildman–Crippen LogP) is 3.30. The summed E-state index contributed by atoms with van der Waals surface area (Å²) in [7, 11) is 0. The lowest BCUT2D eigenvalue weighted by Crippen LogP contribution is -2.11. The van der Waals surface area contributed by atoms with Crippen LogP contribution in [0.5, 0.6) is 11.6 Å². The quantitative estimate of drug-likeness (QED) is 0.740. The first-order valence-electron chi connectivity index (χ1n) is 8.27. The summed E-state index contributed by atoms with van der Waals surface area (Å²) in [6.45, 7) is 0. The average Bonchev–Trinajstić information content (AvgIpc) is 2.58. The summed E-state index contributed by atoms with van der Waals surface area (Å²) >= 11 is 0. The number of anilines is 2. The molecule has 4 rings (SSSR count). The first-order valence-corrected chi connectivity index (χ1v) is 8.27. The molecule has 0 bridgehead atoms. The zero-order valence-corrected chi connectivity index (χ0v) is 13.9. The Morgan fingerprint density at radius 2 is 1.85 bits per heavy atom.